The maximum atomic E-state index is 9.93. The summed E-state index contributed by atoms with van der Waals surface area (Å²) in [4.78, 5) is 46.6. The fourth-order valence-electron chi connectivity index (χ4n) is 1.88. The van der Waals surface area contributed by atoms with Gasteiger partial charge in [-0.1, -0.05) is 24.3 Å². The van der Waals surface area contributed by atoms with Crippen LogP contribution in [-0.2, 0) is 32.3 Å². The van der Waals surface area contributed by atoms with Gasteiger partial charge in [-0.3, -0.25) is 9.59 Å². The van der Waals surface area contributed by atoms with Gasteiger partial charge < -0.3 is 20.4 Å². The number of hydrogen-bond acceptors (Lipinski definition) is 8. The summed E-state index contributed by atoms with van der Waals surface area (Å²) < 4.78 is 0. The number of carboxylic acids is 2. The molecule has 0 aliphatic rings. The number of hydrogen-bond donors (Lipinski definition) is 4. The molecule has 0 radical (unpaired) electrons. The van der Waals surface area contributed by atoms with Gasteiger partial charge in [-0.05, 0) is 36.8 Å². The highest BCUT2D eigenvalue weighted by Gasteiger charge is 1.99. The quantitative estimate of drug-likeness (QED) is 0.223. The molecule has 0 heterocycles. The number of aliphatic carboxylic acids is 2. The van der Waals surface area contributed by atoms with E-state index in [1.54, 1.807) is 0 Å². The molecule has 0 unspecified atom stereocenters. The SMILES string of the molecule is O=C(O)CCCCC(=O)O.O=C=NCc1ccccc1CN=C=O.OCCCCO. The van der Waals surface area contributed by atoms with Crippen molar-refractivity contribution >= 4 is 24.1 Å². The van der Waals surface area contributed by atoms with Crippen LogP contribution in [0.25, 0.3) is 0 Å². The van der Waals surface area contributed by atoms with Crippen LogP contribution in [0.1, 0.15) is 49.7 Å². The second kappa shape index (κ2) is 22.1. The van der Waals surface area contributed by atoms with Gasteiger partial charge in [-0.15, -0.1) is 0 Å². The predicted molar refractivity (Wildman–Crippen MR) is 107 cm³/mol. The molecule has 4 N–H and O–H groups in total. The van der Waals surface area contributed by atoms with Gasteiger partial charge in [-0.25, -0.2) is 19.6 Å². The van der Waals surface area contributed by atoms with Crippen molar-refractivity contribution in [2.45, 2.75) is 51.6 Å². The molecule has 0 bridgehead atoms. The Morgan fingerprint density at radius 2 is 1.10 bits per heavy atom. The van der Waals surface area contributed by atoms with E-state index in [1.165, 1.54) is 12.2 Å². The third kappa shape index (κ3) is 21.1. The summed E-state index contributed by atoms with van der Waals surface area (Å²) in [6.07, 6.45) is 5.39. The summed E-state index contributed by atoms with van der Waals surface area (Å²) in [5, 5.41) is 32.4. The van der Waals surface area contributed by atoms with Crippen LogP contribution in [0.15, 0.2) is 34.3 Å². The average molecular weight is 424 g/mol. The molecule has 0 fully saturated rings. The van der Waals surface area contributed by atoms with Crippen LogP contribution in [-0.4, -0.2) is 57.7 Å². The maximum absolute atomic E-state index is 9.93. The molecular formula is C20H28N2O8. The first-order chi connectivity index (χ1) is 14.4. The lowest BCUT2D eigenvalue weighted by Crippen LogP contribution is -1.97. The van der Waals surface area contributed by atoms with Gasteiger partial charge in [0.05, 0.1) is 13.1 Å². The Labute approximate surface area is 174 Å². The molecule has 0 saturated carbocycles. The number of nitrogens with zero attached hydrogens (tertiary/aromatic N) is 2. The molecule has 1 aromatic carbocycles. The Balaban J connectivity index is 0. The van der Waals surface area contributed by atoms with E-state index in [2.05, 4.69) is 9.98 Å². The van der Waals surface area contributed by atoms with E-state index in [1.807, 2.05) is 24.3 Å². The molecule has 0 aliphatic heterocycles. The molecule has 30 heavy (non-hydrogen) atoms. The highest BCUT2D eigenvalue weighted by atomic mass is 16.4. The highest BCUT2D eigenvalue weighted by molar-refractivity contribution is 5.67. The van der Waals surface area contributed by atoms with Crippen molar-refractivity contribution in [3.8, 4) is 0 Å². The van der Waals surface area contributed by atoms with Crippen molar-refractivity contribution in [2.24, 2.45) is 9.98 Å². The van der Waals surface area contributed by atoms with E-state index >= 15 is 0 Å². The number of aliphatic imine (C=N–C) groups is 2. The number of carboxylic acid groups (broad SMARTS) is 2. The van der Waals surface area contributed by atoms with Crippen LogP contribution >= 0.6 is 0 Å². The molecule has 10 nitrogen and oxygen atoms in total. The number of benzene rings is 1. The van der Waals surface area contributed by atoms with E-state index in [-0.39, 0.29) is 39.1 Å². The van der Waals surface area contributed by atoms with Crippen LogP contribution in [0.2, 0.25) is 0 Å². The summed E-state index contributed by atoms with van der Waals surface area (Å²) in [6.45, 7) is 0.934. The third-order valence-electron chi connectivity index (χ3n) is 3.34. The molecule has 0 amide bonds. The maximum Gasteiger partial charge on any atom is 0.303 e. The van der Waals surface area contributed by atoms with Gasteiger partial charge in [0.1, 0.15) is 0 Å². The highest BCUT2D eigenvalue weighted by Crippen LogP contribution is 2.10. The normalized spacial score (nSPS) is 8.87. The first kappa shape index (κ1) is 29.0. The lowest BCUT2D eigenvalue weighted by molar-refractivity contribution is -0.139. The van der Waals surface area contributed by atoms with Gasteiger partial charge in [0, 0.05) is 26.1 Å². The zero-order chi connectivity index (χ0) is 23.0. The first-order valence-corrected chi connectivity index (χ1v) is 9.22. The van der Waals surface area contributed by atoms with Crippen LogP contribution < -0.4 is 0 Å². The summed E-state index contributed by atoms with van der Waals surface area (Å²) in [5.74, 6) is -1.74. The molecule has 0 aromatic heterocycles. The van der Waals surface area contributed by atoms with Gasteiger partial charge in [-0.2, -0.15) is 0 Å². The Hall–Kier alpha value is -3.16. The van der Waals surface area contributed by atoms with Gasteiger partial charge in [0.2, 0.25) is 12.2 Å². The lowest BCUT2D eigenvalue weighted by atomic mass is 10.1. The molecule has 1 rings (SSSR count). The minimum atomic E-state index is -0.870. The zero-order valence-corrected chi connectivity index (χ0v) is 16.7. The molecule has 0 aliphatic carbocycles. The Kier molecular flexibility index (Phi) is 21.4. The Morgan fingerprint density at radius 1 is 0.733 bits per heavy atom. The first-order valence-electron chi connectivity index (χ1n) is 9.22. The molecule has 10 heteroatoms. The van der Waals surface area contributed by atoms with Gasteiger partial charge >= 0.3 is 11.9 Å². The van der Waals surface area contributed by atoms with Crippen LogP contribution in [0.4, 0.5) is 0 Å². The van der Waals surface area contributed by atoms with E-state index in [0.29, 0.717) is 12.8 Å². The zero-order valence-electron chi connectivity index (χ0n) is 16.7. The number of carbonyl (C=O) groups excluding carboxylic acids is 2. The summed E-state index contributed by atoms with van der Waals surface area (Å²) in [5.41, 5.74) is 1.74. The van der Waals surface area contributed by atoms with Crippen molar-refractivity contribution < 1.29 is 39.6 Å². The Bertz CT molecular complexity index is 637. The smallest absolute Gasteiger partial charge is 0.303 e. The second-order valence-electron chi connectivity index (χ2n) is 5.73. The lowest BCUT2D eigenvalue weighted by Gasteiger charge is -2.01. The average Bonchev–Trinajstić information content (AvgIpc) is 2.73. The topological polar surface area (TPSA) is 174 Å². The van der Waals surface area contributed by atoms with Crippen molar-refractivity contribution in [1.29, 1.82) is 0 Å². The monoisotopic (exact) mass is 424 g/mol. The second-order valence-corrected chi connectivity index (χ2v) is 5.73. The fraction of sp³-hybridized carbons (Fsp3) is 0.500. The number of aliphatic hydroxyl groups is 2. The van der Waals surface area contributed by atoms with E-state index in [0.717, 1.165) is 24.0 Å². The van der Waals surface area contributed by atoms with E-state index in [4.69, 9.17) is 20.4 Å². The van der Waals surface area contributed by atoms with E-state index < -0.39 is 11.9 Å². The van der Waals surface area contributed by atoms with Crippen LogP contribution in [0.5, 0.6) is 0 Å². The molecule has 0 saturated heterocycles. The minimum absolute atomic E-state index is 0.0628. The van der Waals surface area contributed by atoms with Crippen LogP contribution in [0.3, 0.4) is 0 Å². The molecular weight excluding hydrogens is 396 g/mol. The number of rotatable bonds is 12. The number of carbonyl (C=O) groups is 2. The molecule has 166 valence electrons. The van der Waals surface area contributed by atoms with Gasteiger partial charge in [0.25, 0.3) is 0 Å². The largest absolute Gasteiger partial charge is 0.481 e. The van der Waals surface area contributed by atoms with Crippen LogP contribution in [0, 0.1) is 0 Å². The summed E-state index contributed by atoms with van der Waals surface area (Å²) in [7, 11) is 0. The molecule has 0 spiro atoms. The summed E-state index contributed by atoms with van der Waals surface area (Å²) in [6, 6.07) is 7.33. The standard InChI is InChI=1S/C10H8N2O2.C6H10O4.C4H10O2/c13-7-11-5-9-3-1-2-4-10(9)6-12-8-14;7-5(8)3-1-2-4-6(9)10;5-3-1-2-4-6/h1-4H,5-6H2;1-4H2,(H,7,8)(H,9,10);5-6H,1-4H2. The third-order valence-corrected chi connectivity index (χ3v) is 3.34. The van der Waals surface area contributed by atoms with Crippen molar-refractivity contribution in [2.75, 3.05) is 13.2 Å². The van der Waals surface area contributed by atoms with Crippen molar-refractivity contribution in [1.82, 2.24) is 0 Å². The predicted octanol–water partition coefficient (Wildman–Crippen LogP) is 1.83. The van der Waals surface area contributed by atoms with E-state index in [9.17, 15) is 19.2 Å². The van der Waals surface area contributed by atoms with Crippen molar-refractivity contribution in [3.05, 3.63) is 35.4 Å². The molecule has 1 aromatic rings. The number of isocyanates is 2. The number of unbranched alkanes of at least 4 members (excludes halogenated alkanes) is 2. The van der Waals surface area contributed by atoms with Crippen molar-refractivity contribution in [3.63, 3.8) is 0 Å². The summed E-state index contributed by atoms with van der Waals surface area (Å²) >= 11 is 0. The minimum Gasteiger partial charge on any atom is -0.481 e. The van der Waals surface area contributed by atoms with Gasteiger partial charge in [0.15, 0.2) is 0 Å². The fourth-order valence-corrected chi connectivity index (χ4v) is 1.88. The molecule has 0 atom stereocenters. The Morgan fingerprint density at radius 3 is 1.37 bits per heavy atom. The number of aliphatic hydroxyl groups excluding tert-OH is 2.